The van der Waals surface area contributed by atoms with E-state index in [2.05, 4.69) is 5.32 Å². The molecular formula is C11H18F4N2O. The van der Waals surface area contributed by atoms with E-state index in [-0.39, 0.29) is 5.91 Å². The van der Waals surface area contributed by atoms with Crippen molar-refractivity contribution in [1.29, 1.82) is 0 Å². The average Bonchev–Trinajstić information content (AvgIpc) is 2.36. The first kappa shape index (κ1) is 15.2. The van der Waals surface area contributed by atoms with Gasteiger partial charge in [-0.15, -0.1) is 0 Å². The minimum atomic E-state index is -4.10. The molecule has 1 aliphatic rings. The lowest BCUT2D eigenvalue weighted by molar-refractivity contribution is -0.138. The predicted molar refractivity (Wildman–Crippen MR) is 58.8 cm³/mol. The van der Waals surface area contributed by atoms with Crippen molar-refractivity contribution in [3.63, 3.8) is 0 Å². The van der Waals surface area contributed by atoms with Gasteiger partial charge in [-0.3, -0.25) is 4.79 Å². The number of nitrogens with zero attached hydrogens (tertiary/aromatic N) is 1. The Hall–Kier alpha value is -0.850. The van der Waals surface area contributed by atoms with Gasteiger partial charge in [0.05, 0.1) is 12.6 Å². The first-order valence-electron chi connectivity index (χ1n) is 6.03. The largest absolute Gasteiger partial charge is 0.341 e. The van der Waals surface area contributed by atoms with Crippen molar-refractivity contribution in [3.05, 3.63) is 0 Å². The molecule has 0 bridgehead atoms. The number of halogens is 4. The summed E-state index contributed by atoms with van der Waals surface area (Å²) >= 11 is 0. The van der Waals surface area contributed by atoms with E-state index in [9.17, 15) is 22.4 Å². The van der Waals surface area contributed by atoms with Crippen LogP contribution in [0.2, 0.25) is 0 Å². The van der Waals surface area contributed by atoms with Crippen LogP contribution in [0.4, 0.5) is 17.6 Å². The SMILES string of the molecule is CC(NCC(F)(F)C(F)F)C(=O)N1CCCCC1. The van der Waals surface area contributed by atoms with Crippen molar-refractivity contribution in [1.82, 2.24) is 10.2 Å². The predicted octanol–water partition coefficient (Wildman–Crippen LogP) is 1.88. The maximum absolute atomic E-state index is 12.7. The zero-order valence-corrected chi connectivity index (χ0v) is 10.3. The number of rotatable bonds is 5. The number of carbonyl (C=O) groups excluding carboxylic acids is 1. The topological polar surface area (TPSA) is 32.3 Å². The normalized spacial score (nSPS) is 19.1. The van der Waals surface area contributed by atoms with Crippen LogP contribution in [0.5, 0.6) is 0 Å². The maximum atomic E-state index is 12.7. The average molecular weight is 270 g/mol. The van der Waals surface area contributed by atoms with E-state index in [1.807, 2.05) is 0 Å². The first-order chi connectivity index (χ1) is 8.34. The van der Waals surface area contributed by atoms with Crippen molar-refractivity contribution in [2.24, 2.45) is 0 Å². The number of carbonyl (C=O) groups is 1. The Labute approximate surface area is 104 Å². The van der Waals surface area contributed by atoms with E-state index >= 15 is 0 Å². The summed E-state index contributed by atoms with van der Waals surface area (Å²) in [7, 11) is 0. The van der Waals surface area contributed by atoms with Crippen LogP contribution in [-0.4, -0.2) is 48.8 Å². The second-order valence-corrected chi connectivity index (χ2v) is 4.55. The Morgan fingerprint density at radius 2 is 1.83 bits per heavy atom. The summed E-state index contributed by atoms with van der Waals surface area (Å²) in [6.07, 6.45) is -0.880. The smallest absolute Gasteiger partial charge is 0.319 e. The van der Waals surface area contributed by atoms with Gasteiger partial charge in [0.2, 0.25) is 5.91 Å². The maximum Gasteiger partial charge on any atom is 0.319 e. The molecule has 0 radical (unpaired) electrons. The van der Waals surface area contributed by atoms with Crippen LogP contribution in [0, 0.1) is 0 Å². The van der Waals surface area contributed by atoms with Crippen LogP contribution in [0.25, 0.3) is 0 Å². The molecule has 1 amide bonds. The summed E-state index contributed by atoms with van der Waals surface area (Å²) in [4.78, 5) is 13.4. The Morgan fingerprint density at radius 3 is 2.33 bits per heavy atom. The van der Waals surface area contributed by atoms with Crippen molar-refractivity contribution in [2.75, 3.05) is 19.6 Å². The zero-order valence-electron chi connectivity index (χ0n) is 10.3. The van der Waals surface area contributed by atoms with Crippen molar-refractivity contribution < 1.29 is 22.4 Å². The second kappa shape index (κ2) is 6.36. The number of amides is 1. The molecule has 18 heavy (non-hydrogen) atoms. The van der Waals surface area contributed by atoms with Crippen LogP contribution in [-0.2, 0) is 4.79 Å². The van der Waals surface area contributed by atoms with Gasteiger partial charge in [-0.2, -0.15) is 8.78 Å². The van der Waals surface area contributed by atoms with Gasteiger partial charge < -0.3 is 10.2 Å². The van der Waals surface area contributed by atoms with Gasteiger partial charge in [0.15, 0.2) is 0 Å². The number of alkyl halides is 4. The van der Waals surface area contributed by atoms with Crippen molar-refractivity contribution >= 4 is 5.91 Å². The van der Waals surface area contributed by atoms with Crippen molar-refractivity contribution in [3.8, 4) is 0 Å². The highest BCUT2D eigenvalue weighted by molar-refractivity contribution is 5.81. The van der Waals surface area contributed by atoms with Gasteiger partial charge in [-0.25, -0.2) is 8.78 Å². The van der Waals surface area contributed by atoms with Gasteiger partial charge in [0.1, 0.15) is 0 Å². The Morgan fingerprint density at radius 1 is 1.28 bits per heavy atom. The van der Waals surface area contributed by atoms with Gasteiger partial charge in [0, 0.05) is 13.1 Å². The summed E-state index contributed by atoms with van der Waals surface area (Å²) in [5.74, 6) is -4.41. The fourth-order valence-electron chi connectivity index (χ4n) is 1.84. The minimum Gasteiger partial charge on any atom is -0.341 e. The number of nitrogens with one attached hydrogen (secondary N) is 1. The molecule has 0 spiro atoms. The molecule has 1 atom stereocenters. The van der Waals surface area contributed by atoms with Crippen LogP contribution in [0.15, 0.2) is 0 Å². The Balaban J connectivity index is 2.40. The monoisotopic (exact) mass is 270 g/mol. The lowest BCUT2D eigenvalue weighted by Crippen LogP contribution is -2.50. The van der Waals surface area contributed by atoms with E-state index in [1.165, 1.54) is 6.92 Å². The molecule has 1 N–H and O–H groups in total. The molecule has 106 valence electrons. The molecule has 1 rings (SSSR count). The van der Waals surface area contributed by atoms with Crippen LogP contribution in [0.3, 0.4) is 0 Å². The Kier molecular flexibility index (Phi) is 5.37. The fourth-order valence-corrected chi connectivity index (χ4v) is 1.84. The number of piperidine rings is 1. The molecular weight excluding hydrogens is 252 g/mol. The van der Waals surface area contributed by atoms with Crippen molar-refractivity contribution in [2.45, 2.75) is 44.6 Å². The van der Waals surface area contributed by atoms with Gasteiger partial charge in [-0.05, 0) is 26.2 Å². The number of likely N-dealkylation sites (tertiary alicyclic amines) is 1. The van der Waals surface area contributed by atoms with E-state index in [0.29, 0.717) is 13.1 Å². The Bertz CT molecular complexity index is 280. The molecule has 0 aromatic heterocycles. The molecule has 3 nitrogen and oxygen atoms in total. The van der Waals surface area contributed by atoms with Gasteiger partial charge >= 0.3 is 12.3 Å². The molecule has 7 heteroatoms. The molecule has 0 aromatic rings. The van der Waals surface area contributed by atoms with E-state index in [0.717, 1.165) is 19.3 Å². The van der Waals surface area contributed by atoms with E-state index in [4.69, 9.17) is 0 Å². The molecule has 1 aliphatic heterocycles. The van der Waals surface area contributed by atoms with Gasteiger partial charge in [0.25, 0.3) is 0 Å². The molecule has 0 saturated carbocycles. The van der Waals surface area contributed by atoms with E-state index < -0.39 is 24.9 Å². The molecule has 1 heterocycles. The number of hydrogen-bond donors (Lipinski definition) is 1. The van der Waals surface area contributed by atoms with Crippen LogP contribution >= 0.6 is 0 Å². The first-order valence-corrected chi connectivity index (χ1v) is 6.03. The summed E-state index contributed by atoms with van der Waals surface area (Å²) in [6.45, 7) is 1.44. The zero-order chi connectivity index (χ0) is 13.8. The summed E-state index contributed by atoms with van der Waals surface area (Å²) in [5, 5.41) is 2.18. The minimum absolute atomic E-state index is 0.306. The molecule has 0 aliphatic carbocycles. The highest BCUT2D eigenvalue weighted by Gasteiger charge is 2.41. The number of hydrogen-bond acceptors (Lipinski definition) is 2. The lowest BCUT2D eigenvalue weighted by Gasteiger charge is -2.30. The quantitative estimate of drug-likeness (QED) is 0.774. The third-order valence-corrected chi connectivity index (χ3v) is 3.00. The molecule has 1 saturated heterocycles. The van der Waals surface area contributed by atoms with Crippen LogP contribution in [0.1, 0.15) is 26.2 Å². The summed E-state index contributed by atoms with van der Waals surface area (Å²) in [5.41, 5.74) is 0. The highest BCUT2D eigenvalue weighted by atomic mass is 19.3. The third kappa shape index (κ3) is 4.12. The molecule has 0 aromatic carbocycles. The summed E-state index contributed by atoms with van der Waals surface area (Å²) < 4.78 is 49.2. The lowest BCUT2D eigenvalue weighted by atomic mass is 10.1. The summed E-state index contributed by atoms with van der Waals surface area (Å²) in [6, 6.07) is -0.868. The third-order valence-electron chi connectivity index (χ3n) is 3.00. The van der Waals surface area contributed by atoms with Crippen LogP contribution < -0.4 is 5.32 Å². The van der Waals surface area contributed by atoms with Gasteiger partial charge in [-0.1, -0.05) is 0 Å². The fraction of sp³-hybridized carbons (Fsp3) is 0.909. The molecule has 1 fully saturated rings. The highest BCUT2D eigenvalue weighted by Crippen LogP contribution is 2.21. The standard InChI is InChI=1S/C11H18F4N2O/c1-8(16-7-11(14,15)10(12)13)9(18)17-5-3-2-4-6-17/h8,10,16H,2-7H2,1H3. The molecule has 1 unspecified atom stereocenters. The second-order valence-electron chi connectivity index (χ2n) is 4.55. The van der Waals surface area contributed by atoms with E-state index in [1.54, 1.807) is 4.90 Å².